The van der Waals surface area contributed by atoms with Crippen molar-refractivity contribution in [1.29, 1.82) is 0 Å². The highest BCUT2D eigenvalue weighted by Gasteiger charge is 2.27. The Kier molecular flexibility index (Phi) is 8.79. The van der Waals surface area contributed by atoms with Crippen molar-refractivity contribution in [3.05, 3.63) is 0 Å². The Morgan fingerprint density at radius 1 is 1.29 bits per heavy atom. The number of hydrogen-bond donors (Lipinski definition) is 2. The summed E-state index contributed by atoms with van der Waals surface area (Å²) >= 11 is 0. The molecule has 0 aliphatic heterocycles. The second kappa shape index (κ2) is 9.78. The fourth-order valence-corrected chi connectivity index (χ4v) is 3.33. The van der Waals surface area contributed by atoms with Crippen molar-refractivity contribution in [2.45, 2.75) is 89.5 Å². The van der Waals surface area contributed by atoms with Crippen molar-refractivity contribution in [2.75, 3.05) is 20.3 Å². The monoisotopic (exact) mass is 301 g/mol. The Bertz CT molecular complexity index is 267. The van der Waals surface area contributed by atoms with Crippen molar-refractivity contribution >= 4 is 0 Å². The summed E-state index contributed by atoms with van der Waals surface area (Å²) in [5.41, 5.74) is -0.154. The number of methoxy groups -OCH3 is 1. The summed E-state index contributed by atoms with van der Waals surface area (Å²) in [5.74, 6) is 0. The molecule has 0 aromatic heterocycles. The SMILES string of the molecule is CCC(CO)(CCCOC1CCCC(OC)C1)NC(C)C. The lowest BCUT2D eigenvalue weighted by Crippen LogP contribution is -2.51. The zero-order valence-electron chi connectivity index (χ0n) is 14.4. The van der Waals surface area contributed by atoms with Crippen LogP contribution in [0.15, 0.2) is 0 Å². The Balaban J connectivity index is 2.27. The van der Waals surface area contributed by atoms with E-state index >= 15 is 0 Å². The van der Waals surface area contributed by atoms with Gasteiger partial charge < -0.3 is 19.9 Å². The molecule has 4 nitrogen and oxygen atoms in total. The third-order valence-corrected chi connectivity index (χ3v) is 4.64. The lowest BCUT2D eigenvalue weighted by molar-refractivity contribution is -0.0322. The second-order valence-electron chi connectivity index (χ2n) is 6.71. The molecule has 1 aliphatic rings. The number of aliphatic hydroxyl groups excluding tert-OH is 1. The molecule has 1 fully saturated rings. The van der Waals surface area contributed by atoms with Crippen LogP contribution in [0.25, 0.3) is 0 Å². The molecule has 3 atom stereocenters. The van der Waals surface area contributed by atoms with Crippen LogP contribution in [-0.2, 0) is 9.47 Å². The third-order valence-electron chi connectivity index (χ3n) is 4.64. The van der Waals surface area contributed by atoms with Crippen LogP contribution in [0.2, 0.25) is 0 Å². The molecule has 0 spiro atoms. The zero-order valence-corrected chi connectivity index (χ0v) is 14.4. The summed E-state index contributed by atoms with van der Waals surface area (Å²) in [7, 11) is 1.79. The first-order valence-corrected chi connectivity index (χ1v) is 8.58. The number of hydrogen-bond acceptors (Lipinski definition) is 4. The average Bonchev–Trinajstić information content (AvgIpc) is 2.50. The quantitative estimate of drug-likeness (QED) is 0.609. The summed E-state index contributed by atoms with van der Waals surface area (Å²) in [6.07, 6.45) is 8.16. The van der Waals surface area contributed by atoms with Gasteiger partial charge in [-0.2, -0.15) is 0 Å². The summed E-state index contributed by atoms with van der Waals surface area (Å²) in [5, 5.41) is 13.2. The molecule has 126 valence electrons. The normalized spacial score (nSPS) is 26.0. The van der Waals surface area contributed by atoms with Gasteiger partial charge in [-0.05, 0) is 44.9 Å². The van der Waals surface area contributed by atoms with Crippen molar-refractivity contribution < 1.29 is 14.6 Å². The van der Waals surface area contributed by atoms with Crippen molar-refractivity contribution in [2.24, 2.45) is 0 Å². The Labute approximate surface area is 130 Å². The minimum Gasteiger partial charge on any atom is -0.394 e. The average molecular weight is 301 g/mol. The molecule has 0 aromatic carbocycles. The van der Waals surface area contributed by atoms with Crippen LogP contribution >= 0.6 is 0 Å². The number of ether oxygens (including phenoxy) is 2. The molecule has 3 unspecified atom stereocenters. The molecule has 2 N–H and O–H groups in total. The van der Waals surface area contributed by atoms with Crippen LogP contribution in [0.3, 0.4) is 0 Å². The van der Waals surface area contributed by atoms with E-state index in [9.17, 15) is 5.11 Å². The van der Waals surface area contributed by atoms with Gasteiger partial charge in [0.25, 0.3) is 0 Å². The predicted octanol–water partition coefficient (Wildman–Crippen LogP) is 2.88. The van der Waals surface area contributed by atoms with Gasteiger partial charge in [-0.15, -0.1) is 0 Å². The second-order valence-corrected chi connectivity index (χ2v) is 6.71. The maximum atomic E-state index is 9.72. The van der Waals surface area contributed by atoms with Crippen molar-refractivity contribution in [3.63, 3.8) is 0 Å². The lowest BCUT2D eigenvalue weighted by atomic mass is 9.90. The van der Waals surface area contributed by atoms with Gasteiger partial charge in [0.05, 0.1) is 18.8 Å². The van der Waals surface area contributed by atoms with Crippen LogP contribution in [-0.4, -0.2) is 49.2 Å². The molecular weight excluding hydrogens is 266 g/mol. The fraction of sp³-hybridized carbons (Fsp3) is 1.00. The van der Waals surface area contributed by atoms with Crippen molar-refractivity contribution in [1.82, 2.24) is 5.32 Å². The number of aliphatic hydroxyl groups is 1. The predicted molar refractivity (Wildman–Crippen MR) is 86.6 cm³/mol. The van der Waals surface area contributed by atoms with Gasteiger partial charge in [-0.1, -0.05) is 20.8 Å². The van der Waals surface area contributed by atoms with Crippen LogP contribution in [0.4, 0.5) is 0 Å². The van der Waals surface area contributed by atoms with Crippen LogP contribution in [0, 0.1) is 0 Å². The van der Waals surface area contributed by atoms with E-state index in [1.807, 2.05) is 0 Å². The zero-order chi connectivity index (χ0) is 15.7. The Hall–Kier alpha value is -0.160. The molecule has 0 saturated heterocycles. The summed E-state index contributed by atoms with van der Waals surface area (Å²) in [6, 6.07) is 0.388. The third kappa shape index (κ3) is 6.64. The van der Waals surface area contributed by atoms with E-state index in [-0.39, 0.29) is 12.1 Å². The molecular formula is C17H35NO3. The van der Waals surface area contributed by atoms with Crippen LogP contribution < -0.4 is 5.32 Å². The van der Waals surface area contributed by atoms with E-state index in [0.29, 0.717) is 18.2 Å². The highest BCUT2D eigenvalue weighted by molar-refractivity contribution is 4.87. The minimum absolute atomic E-state index is 0.154. The first-order valence-electron chi connectivity index (χ1n) is 8.58. The molecule has 4 heteroatoms. The number of nitrogens with one attached hydrogen (secondary N) is 1. The number of rotatable bonds is 10. The first-order chi connectivity index (χ1) is 10.0. The maximum absolute atomic E-state index is 9.72. The van der Waals surface area contributed by atoms with Gasteiger partial charge in [0.15, 0.2) is 0 Å². The van der Waals surface area contributed by atoms with Gasteiger partial charge >= 0.3 is 0 Å². The smallest absolute Gasteiger partial charge is 0.0613 e. The van der Waals surface area contributed by atoms with E-state index < -0.39 is 0 Å². The maximum Gasteiger partial charge on any atom is 0.0613 e. The highest BCUT2D eigenvalue weighted by Crippen LogP contribution is 2.24. The summed E-state index contributed by atoms with van der Waals surface area (Å²) < 4.78 is 11.5. The van der Waals surface area contributed by atoms with E-state index in [0.717, 1.165) is 45.1 Å². The van der Waals surface area contributed by atoms with E-state index in [2.05, 4.69) is 26.1 Å². The van der Waals surface area contributed by atoms with E-state index in [1.165, 1.54) is 6.42 Å². The van der Waals surface area contributed by atoms with E-state index in [4.69, 9.17) is 9.47 Å². The van der Waals surface area contributed by atoms with Crippen LogP contribution in [0.5, 0.6) is 0 Å². The van der Waals surface area contributed by atoms with E-state index in [1.54, 1.807) is 7.11 Å². The summed E-state index contributed by atoms with van der Waals surface area (Å²) in [4.78, 5) is 0. The van der Waals surface area contributed by atoms with Crippen molar-refractivity contribution in [3.8, 4) is 0 Å². The molecule has 1 aliphatic carbocycles. The largest absolute Gasteiger partial charge is 0.394 e. The molecule has 0 amide bonds. The van der Waals surface area contributed by atoms with Gasteiger partial charge in [-0.25, -0.2) is 0 Å². The summed E-state index contributed by atoms with van der Waals surface area (Å²) in [6.45, 7) is 7.36. The van der Waals surface area contributed by atoms with Crippen LogP contribution in [0.1, 0.15) is 65.7 Å². The van der Waals surface area contributed by atoms with Gasteiger partial charge in [-0.3, -0.25) is 0 Å². The highest BCUT2D eigenvalue weighted by atomic mass is 16.5. The fourth-order valence-electron chi connectivity index (χ4n) is 3.33. The molecule has 0 bridgehead atoms. The Morgan fingerprint density at radius 2 is 2.00 bits per heavy atom. The van der Waals surface area contributed by atoms with Gasteiger partial charge in [0.1, 0.15) is 0 Å². The van der Waals surface area contributed by atoms with Gasteiger partial charge in [0.2, 0.25) is 0 Å². The lowest BCUT2D eigenvalue weighted by Gasteiger charge is -2.35. The minimum atomic E-state index is -0.154. The Morgan fingerprint density at radius 3 is 2.57 bits per heavy atom. The standard InChI is InChI=1S/C17H35NO3/c1-5-17(13-19,18-14(2)3)10-7-11-21-16-9-6-8-15(12-16)20-4/h14-16,18-19H,5-13H2,1-4H3. The molecule has 1 rings (SSSR count). The molecule has 21 heavy (non-hydrogen) atoms. The molecule has 0 aromatic rings. The molecule has 0 radical (unpaired) electrons. The van der Waals surface area contributed by atoms with Gasteiger partial charge in [0, 0.05) is 25.3 Å². The molecule has 1 saturated carbocycles. The topological polar surface area (TPSA) is 50.7 Å². The first kappa shape index (κ1) is 18.9. The molecule has 0 heterocycles.